The lowest BCUT2D eigenvalue weighted by molar-refractivity contribution is 0.414. The maximum atomic E-state index is 6.10. The molecule has 0 fully saturated rings. The first-order chi connectivity index (χ1) is 8.28. The number of ether oxygens (including phenoxy) is 1. The molecule has 3 nitrogen and oxygen atoms in total. The second-order valence-electron chi connectivity index (χ2n) is 4.00. The highest BCUT2D eigenvalue weighted by molar-refractivity contribution is 7.07. The summed E-state index contributed by atoms with van der Waals surface area (Å²) in [5.41, 5.74) is 10.3. The number of thiazole rings is 1. The Balaban J connectivity index is 1.91. The minimum atomic E-state index is 0.116. The molecule has 90 valence electrons. The minimum Gasteiger partial charge on any atom is -0.497 e. The van der Waals surface area contributed by atoms with E-state index in [0.717, 1.165) is 24.3 Å². The normalized spacial score (nSPS) is 12.4. The molecule has 1 aromatic carbocycles. The molecule has 1 atom stereocenters. The number of hydrogen-bond donors (Lipinski definition) is 1. The molecule has 2 N–H and O–H groups in total. The van der Waals surface area contributed by atoms with E-state index >= 15 is 0 Å². The van der Waals surface area contributed by atoms with Gasteiger partial charge in [0.1, 0.15) is 5.75 Å². The summed E-state index contributed by atoms with van der Waals surface area (Å²) in [5, 5.41) is 2.05. The Kier molecular flexibility index (Phi) is 4.12. The Hall–Kier alpha value is -1.39. The van der Waals surface area contributed by atoms with Crippen LogP contribution in [0, 0.1) is 0 Å². The molecule has 0 aliphatic rings. The summed E-state index contributed by atoms with van der Waals surface area (Å²) in [7, 11) is 1.67. The van der Waals surface area contributed by atoms with E-state index in [2.05, 4.69) is 17.1 Å². The summed E-state index contributed by atoms with van der Waals surface area (Å²) in [6.45, 7) is 0. The molecule has 1 heterocycles. The fourth-order valence-corrected chi connectivity index (χ4v) is 2.31. The van der Waals surface area contributed by atoms with Gasteiger partial charge in [0.15, 0.2) is 0 Å². The average molecular weight is 248 g/mol. The summed E-state index contributed by atoms with van der Waals surface area (Å²) < 4.78 is 5.12. The highest BCUT2D eigenvalue weighted by Crippen LogP contribution is 2.13. The van der Waals surface area contributed by atoms with E-state index in [4.69, 9.17) is 10.5 Å². The number of rotatable bonds is 5. The van der Waals surface area contributed by atoms with Crippen molar-refractivity contribution in [3.05, 3.63) is 46.4 Å². The van der Waals surface area contributed by atoms with Gasteiger partial charge in [-0.05, 0) is 24.1 Å². The molecule has 0 saturated carbocycles. The van der Waals surface area contributed by atoms with Gasteiger partial charge in [0.2, 0.25) is 0 Å². The molecule has 0 radical (unpaired) electrons. The molecule has 0 aliphatic heterocycles. The highest BCUT2D eigenvalue weighted by Gasteiger charge is 2.07. The number of benzene rings is 1. The SMILES string of the molecule is COc1ccc(CC(N)Cc2cscn2)cc1. The fraction of sp³-hybridized carbons (Fsp3) is 0.308. The van der Waals surface area contributed by atoms with Crippen LogP contribution in [0.5, 0.6) is 5.75 Å². The molecule has 1 aromatic heterocycles. The zero-order valence-corrected chi connectivity index (χ0v) is 10.6. The van der Waals surface area contributed by atoms with Crippen molar-refractivity contribution < 1.29 is 4.74 Å². The van der Waals surface area contributed by atoms with E-state index in [1.54, 1.807) is 18.4 Å². The van der Waals surface area contributed by atoms with Crippen molar-refractivity contribution in [3.63, 3.8) is 0 Å². The molecule has 1 unspecified atom stereocenters. The molecular formula is C13H16N2OS. The van der Waals surface area contributed by atoms with Crippen LogP contribution >= 0.6 is 11.3 Å². The van der Waals surface area contributed by atoms with Crippen molar-refractivity contribution in [2.24, 2.45) is 5.73 Å². The standard InChI is InChI=1S/C13H16N2OS/c1-16-13-4-2-10(3-5-13)6-11(14)7-12-8-17-9-15-12/h2-5,8-9,11H,6-7,14H2,1H3. The fourth-order valence-electron chi connectivity index (χ4n) is 1.74. The predicted octanol–water partition coefficient (Wildman–Crippen LogP) is 2.26. The van der Waals surface area contributed by atoms with E-state index in [1.807, 2.05) is 23.0 Å². The zero-order chi connectivity index (χ0) is 12.1. The molecule has 0 spiro atoms. The van der Waals surface area contributed by atoms with Crippen LogP contribution in [0.4, 0.5) is 0 Å². The molecular weight excluding hydrogens is 232 g/mol. The Labute approximate surface area is 105 Å². The Morgan fingerprint density at radius 3 is 2.65 bits per heavy atom. The topological polar surface area (TPSA) is 48.1 Å². The summed E-state index contributed by atoms with van der Waals surface area (Å²) in [6, 6.07) is 8.15. The summed E-state index contributed by atoms with van der Waals surface area (Å²) in [5.74, 6) is 0.877. The molecule has 2 rings (SSSR count). The van der Waals surface area contributed by atoms with Gasteiger partial charge < -0.3 is 10.5 Å². The van der Waals surface area contributed by atoms with E-state index in [-0.39, 0.29) is 6.04 Å². The number of nitrogens with two attached hydrogens (primary N) is 1. The van der Waals surface area contributed by atoms with Gasteiger partial charge in [0.05, 0.1) is 18.3 Å². The van der Waals surface area contributed by atoms with Gasteiger partial charge in [-0.3, -0.25) is 0 Å². The molecule has 0 bridgehead atoms. The van der Waals surface area contributed by atoms with Crippen molar-refractivity contribution in [2.75, 3.05) is 7.11 Å². The third kappa shape index (κ3) is 3.54. The van der Waals surface area contributed by atoms with Gasteiger partial charge in [-0.2, -0.15) is 0 Å². The Morgan fingerprint density at radius 2 is 2.06 bits per heavy atom. The van der Waals surface area contributed by atoms with Gasteiger partial charge in [-0.25, -0.2) is 4.98 Å². The summed E-state index contributed by atoms with van der Waals surface area (Å²) in [4.78, 5) is 4.24. The van der Waals surface area contributed by atoms with Gasteiger partial charge in [-0.15, -0.1) is 11.3 Å². The van der Waals surface area contributed by atoms with Gasteiger partial charge in [0, 0.05) is 17.8 Å². The van der Waals surface area contributed by atoms with Crippen LogP contribution in [0.3, 0.4) is 0 Å². The largest absolute Gasteiger partial charge is 0.497 e. The predicted molar refractivity (Wildman–Crippen MR) is 70.5 cm³/mol. The Morgan fingerprint density at radius 1 is 1.29 bits per heavy atom. The van der Waals surface area contributed by atoms with Gasteiger partial charge in [-0.1, -0.05) is 12.1 Å². The third-order valence-electron chi connectivity index (χ3n) is 2.61. The van der Waals surface area contributed by atoms with Crippen LogP contribution in [0.2, 0.25) is 0 Å². The summed E-state index contributed by atoms with van der Waals surface area (Å²) >= 11 is 1.61. The van der Waals surface area contributed by atoms with Gasteiger partial charge in [0.25, 0.3) is 0 Å². The number of aromatic nitrogens is 1. The molecule has 17 heavy (non-hydrogen) atoms. The van der Waals surface area contributed by atoms with Crippen LogP contribution < -0.4 is 10.5 Å². The van der Waals surface area contributed by atoms with Crippen LogP contribution in [0.1, 0.15) is 11.3 Å². The lowest BCUT2D eigenvalue weighted by atomic mass is 10.0. The first kappa shape index (κ1) is 12.1. The number of methoxy groups -OCH3 is 1. The van der Waals surface area contributed by atoms with Crippen molar-refractivity contribution in [3.8, 4) is 5.75 Å². The molecule has 0 amide bonds. The minimum absolute atomic E-state index is 0.116. The Bertz CT molecular complexity index is 439. The lowest BCUT2D eigenvalue weighted by Crippen LogP contribution is -2.25. The van der Waals surface area contributed by atoms with E-state index in [0.29, 0.717) is 0 Å². The third-order valence-corrected chi connectivity index (χ3v) is 3.25. The second kappa shape index (κ2) is 5.80. The van der Waals surface area contributed by atoms with Crippen LogP contribution in [0.15, 0.2) is 35.2 Å². The zero-order valence-electron chi connectivity index (χ0n) is 9.80. The highest BCUT2D eigenvalue weighted by atomic mass is 32.1. The van der Waals surface area contributed by atoms with Crippen LogP contribution in [-0.4, -0.2) is 18.1 Å². The first-order valence-corrected chi connectivity index (χ1v) is 6.48. The van der Waals surface area contributed by atoms with Crippen molar-refractivity contribution in [1.29, 1.82) is 0 Å². The second-order valence-corrected chi connectivity index (χ2v) is 4.71. The maximum absolute atomic E-state index is 6.10. The van der Waals surface area contributed by atoms with Crippen molar-refractivity contribution in [1.82, 2.24) is 4.98 Å². The smallest absolute Gasteiger partial charge is 0.118 e. The molecule has 0 aliphatic carbocycles. The van der Waals surface area contributed by atoms with Crippen molar-refractivity contribution >= 4 is 11.3 Å². The first-order valence-electron chi connectivity index (χ1n) is 5.53. The number of nitrogens with zero attached hydrogens (tertiary/aromatic N) is 1. The van der Waals surface area contributed by atoms with Gasteiger partial charge >= 0.3 is 0 Å². The van der Waals surface area contributed by atoms with E-state index < -0.39 is 0 Å². The van der Waals surface area contributed by atoms with E-state index in [9.17, 15) is 0 Å². The van der Waals surface area contributed by atoms with Crippen LogP contribution in [0.25, 0.3) is 0 Å². The molecule has 0 saturated heterocycles. The quantitative estimate of drug-likeness (QED) is 0.883. The monoisotopic (exact) mass is 248 g/mol. The van der Waals surface area contributed by atoms with Crippen molar-refractivity contribution in [2.45, 2.75) is 18.9 Å². The van der Waals surface area contributed by atoms with Crippen LogP contribution in [-0.2, 0) is 12.8 Å². The average Bonchev–Trinajstić information content (AvgIpc) is 2.82. The lowest BCUT2D eigenvalue weighted by Gasteiger charge is -2.10. The van der Waals surface area contributed by atoms with E-state index in [1.165, 1.54) is 5.56 Å². The summed E-state index contributed by atoms with van der Waals surface area (Å²) in [6.07, 6.45) is 1.69. The maximum Gasteiger partial charge on any atom is 0.118 e. The number of hydrogen-bond acceptors (Lipinski definition) is 4. The molecule has 4 heteroatoms. The molecule has 2 aromatic rings.